The summed E-state index contributed by atoms with van der Waals surface area (Å²) in [5.41, 5.74) is 1.98. The maximum atomic E-state index is 12.9. The molecule has 0 N–H and O–H groups in total. The molecular formula is C10H9FIN3. The van der Waals surface area contributed by atoms with E-state index in [9.17, 15) is 4.39 Å². The fourth-order valence-corrected chi connectivity index (χ4v) is 1.76. The first-order valence-corrected chi connectivity index (χ1v) is 5.53. The first-order chi connectivity index (χ1) is 7.15. The molecular weight excluding hydrogens is 308 g/mol. The molecule has 3 nitrogen and oxygen atoms in total. The Bertz CT molecular complexity index is 481. The Kier molecular flexibility index (Phi) is 2.99. The number of hydrogen-bond donors (Lipinski definition) is 0. The highest BCUT2D eigenvalue weighted by atomic mass is 127. The fraction of sp³-hybridized carbons (Fsp3) is 0.200. The second-order valence-corrected chi connectivity index (χ2v) is 4.25. The van der Waals surface area contributed by atoms with E-state index in [1.165, 1.54) is 12.1 Å². The van der Waals surface area contributed by atoms with Gasteiger partial charge in [0, 0.05) is 22.6 Å². The number of benzene rings is 1. The summed E-state index contributed by atoms with van der Waals surface area (Å²) in [7, 11) is 0. The maximum Gasteiger partial charge on any atom is 0.211 e. The van der Waals surface area contributed by atoms with Gasteiger partial charge in [-0.05, 0) is 30.2 Å². The predicted molar refractivity (Wildman–Crippen MR) is 63.0 cm³/mol. The summed E-state index contributed by atoms with van der Waals surface area (Å²) in [6, 6.07) is 4.76. The highest BCUT2D eigenvalue weighted by Crippen LogP contribution is 2.11. The van der Waals surface area contributed by atoms with Crippen molar-refractivity contribution in [2.45, 2.75) is 13.5 Å². The molecule has 0 bridgehead atoms. The molecule has 0 spiro atoms. The average Bonchev–Trinajstić information content (AvgIpc) is 2.56. The van der Waals surface area contributed by atoms with Crippen molar-refractivity contribution in [3.63, 3.8) is 0 Å². The van der Waals surface area contributed by atoms with E-state index < -0.39 is 0 Å². The van der Waals surface area contributed by atoms with E-state index in [1.807, 2.05) is 6.92 Å². The van der Waals surface area contributed by atoms with Crippen molar-refractivity contribution < 1.29 is 4.39 Å². The molecule has 0 saturated heterocycles. The van der Waals surface area contributed by atoms with Crippen molar-refractivity contribution in [2.24, 2.45) is 0 Å². The maximum absolute atomic E-state index is 12.9. The minimum Gasteiger partial charge on any atom is -0.247 e. The molecule has 15 heavy (non-hydrogen) atoms. The lowest BCUT2D eigenvalue weighted by Gasteiger charge is -2.05. The Morgan fingerprint density at radius 3 is 2.87 bits per heavy atom. The molecule has 78 valence electrons. The number of aryl methyl sites for hydroxylation is 1. The van der Waals surface area contributed by atoms with E-state index in [0.29, 0.717) is 10.4 Å². The second-order valence-electron chi connectivity index (χ2n) is 3.28. The van der Waals surface area contributed by atoms with E-state index in [4.69, 9.17) is 0 Å². The Morgan fingerprint density at radius 2 is 2.27 bits per heavy atom. The van der Waals surface area contributed by atoms with Gasteiger partial charge in [0.25, 0.3) is 0 Å². The highest BCUT2D eigenvalue weighted by molar-refractivity contribution is 14.1. The lowest BCUT2D eigenvalue weighted by molar-refractivity contribution is 0.622. The van der Waals surface area contributed by atoms with Gasteiger partial charge >= 0.3 is 0 Å². The smallest absolute Gasteiger partial charge is 0.211 e. The number of aromatic nitrogens is 3. The summed E-state index contributed by atoms with van der Waals surface area (Å²) in [4.78, 5) is 4.02. The molecule has 0 radical (unpaired) electrons. The summed E-state index contributed by atoms with van der Waals surface area (Å²) < 4.78 is 15.3. The van der Waals surface area contributed by atoms with Gasteiger partial charge in [-0.15, -0.1) is 5.10 Å². The van der Waals surface area contributed by atoms with E-state index in [-0.39, 0.29) is 5.82 Å². The van der Waals surface area contributed by atoms with E-state index in [1.54, 1.807) is 17.1 Å². The van der Waals surface area contributed by atoms with Crippen molar-refractivity contribution >= 4 is 22.6 Å². The topological polar surface area (TPSA) is 30.7 Å². The average molecular weight is 317 g/mol. The molecule has 0 aliphatic heterocycles. The number of rotatable bonds is 2. The SMILES string of the molecule is Cc1cc(F)ccc1Cn1cnc(I)n1. The molecule has 5 heteroatoms. The Balaban J connectivity index is 2.24. The summed E-state index contributed by atoms with van der Waals surface area (Å²) in [6.45, 7) is 2.52. The van der Waals surface area contributed by atoms with Gasteiger partial charge in [0.15, 0.2) is 0 Å². The van der Waals surface area contributed by atoms with Crippen LogP contribution in [0.1, 0.15) is 11.1 Å². The molecule has 2 aromatic rings. The van der Waals surface area contributed by atoms with Crippen LogP contribution in [-0.2, 0) is 6.54 Å². The van der Waals surface area contributed by atoms with E-state index in [0.717, 1.165) is 11.1 Å². The van der Waals surface area contributed by atoms with E-state index in [2.05, 4.69) is 32.7 Å². The first-order valence-electron chi connectivity index (χ1n) is 4.45. The number of halogens is 2. The van der Waals surface area contributed by atoms with Crippen LogP contribution in [0.2, 0.25) is 0 Å². The van der Waals surface area contributed by atoms with E-state index >= 15 is 0 Å². The van der Waals surface area contributed by atoms with Crippen molar-refractivity contribution in [3.8, 4) is 0 Å². The quantitative estimate of drug-likeness (QED) is 0.796. The fourth-order valence-electron chi connectivity index (χ4n) is 1.36. The van der Waals surface area contributed by atoms with Gasteiger partial charge in [0.05, 0.1) is 6.54 Å². The van der Waals surface area contributed by atoms with Crippen LogP contribution in [0.15, 0.2) is 24.5 Å². The molecule has 0 fully saturated rings. The monoisotopic (exact) mass is 317 g/mol. The zero-order chi connectivity index (χ0) is 10.8. The molecule has 0 unspecified atom stereocenters. The summed E-state index contributed by atoms with van der Waals surface area (Å²) in [5.74, 6) is -0.204. The molecule has 1 aromatic heterocycles. The minimum atomic E-state index is -0.204. The minimum absolute atomic E-state index is 0.204. The molecule has 0 saturated carbocycles. The van der Waals surface area contributed by atoms with Crippen molar-refractivity contribution in [3.05, 3.63) is 45.3 Å². The molecule has 1 heterocycles. The Hall–Kier alpha value is -0.980. The Morgan fingerprint density at radius 1 is 1.47 bits per heavy atom. The van der Waals surface area contributed by atoms with Gasteiger partial charge in [-0.2, -0.15) is 0 Å². The third-order valence-corrected chi connectivity index (χ3v) is 2.64. The van der Waals surface area contributed by atoms with Crippen molar-refractivity contribution in [2.75, 3.05) is 0 Å². The third kappa shape index (κ3) is 2.53. The lowest BCUT2D eigenvalue weighted by Crippen LogP contribution is -2.02. The molecule has 2 rings (SSSR count). The zero-order valence-electron chi connectivity index (χ0n) is 8.11. The van der Waals surface area contributed by atoms with Gasteiger partial charge in [0.1, 0.15) is 12.1 Å². The molecule has 0 aliphatic carbocycles. The molecule has 0 atom stereocenters. The van der Waals surface area contributed by atoms with Crippen LogP contribution in [0.4, 0.5) is 4.39 Å². The van der Waals surface area contributed by atoms with Gasteiger partial charge in [-0.25, -0.2) is 14.1 Å². The van der Waals surface area contributed by atoms with Gasteiger partial charge in [-0.1, -0.05) is 6.07 Å². The van der Waals surface area contributed by atoms with Gasteiger partial charge in [0.2, 0.25) is 3.83 Å². The summed E-state index contributed by atoms with van der Waals surface area (Å²) >= 11 is 2.05. The van der Waals surface area contributed by atoms with Crippen LogP contribution in [0.5, 0.6) is 0 Å². The van der Waals surface area contributed by atoms with Gasteiger partial charge in [-0.3, -0.25) is 0 Å². The first kappa shape index (κ1) is 10.5. The van der Waals surface area contributed by atoms with Crippen LogP contribution >= 0.6 is 22.6 Å². The van der Waals surface area contributed by atoms with Gasteiger partial charge < -0.3 is 0 Å². The van der Waals surface area contributed by atoms with Crippen molar-refractivity contribution in [1.29, 1.82) is 0 Å². The lowest BCUT2D eigenvalue weighted by atomic mass is 10.1. The standard InChI is InChI=1S/C10H9FIN3/c1-7-4-9(11)3-2-8(7)5-15-6-13-10(12)14-15/h2-4,6H,5H2,1H3. The predicted octanol–water partition coefficient (Wildman–Crippen LogP) is 2.38. The largest absolute Gasteiger partial charge is 0.247 e. The molecule has 0 aliphatic rings. The summed E-state index contributed by atoms with van der Waals surface area (Å²) in [5, 5.41) is 4.17. The Labute approximate surface area is 100 Å². The van der Waals surface area contributed by atoms with Crippen LogP contribution in [0.3, 0.4) is 0 Å². The van der Waals surface area contributed by atoms with Crippen molar-refractivity contribution in [1.82, 2.24) is 14.8 Å². The van der Waals surface area contributed by atoms with Crippen LogP contribution in [0, 0.1) is 16.6 Å². The van der Waals surface area contributed by atoms with Crippen LogP contribution in [-0.4, -0.2) is 14.8 Å². The number of nitrogens with zero attached hydrogens (tertiary/aromatic N) is 3. The normalized spacial score (nSPS) is 10.6. The summed E-state index contributed by atoms with van der Waals surface area (Å²) in [6.07, 6.45) is 1.67. The number of hydrogen-bond acceptors (Lipinski definition) is 2. The van der Waals surface area contributed by atoms with Crippen LogP contribution in [0.25, 0.3) is 0 Å². The molecule has 0 amide bonds. The van der Waals surface area contributed by atoms with Crippen LogP contribution < -0.4 is 0 Å². The third-order valence-electron chi connectivity index (χ3n) is 2.15. The zero-order valence-corrected chi connectivity index (χ0v) is 10.3. The molecule has 1 aromatic carbocycles. The second kappa shape index (κ2) is 4.26. The highest BCUT2D eigenvalue weighted by Gasteiger charge is 2.02.